The van der Waals surface area contributed by atoms with E-state index in [0.717, 1.165) is 4.90 Å². The summed E-state index contributed by atoms with van der Waals surface area (Å²) in [6.07, 6.45) is 0. The summed E-state index contributed by atoms with van der Waals surface area (Å²) in [5, 5.41) is 8.95. The van der Waals surface area contributed by atoms with Crippen molar-refractivity contribution in [1.29, 1.82) is 0 Å². The lowest BCUT2D eigenvalue weighted by Crippen LogP contribution is -2.05. The van der Waals surface area contributed by atoms with Crippen LogP contribution in [0.4, 0.5) is 4.39 Å². The van der Waals surface area contributed by atoms with Gasteiger partial charge in [0.15, 0.2) is 5.78 Å². The Balaban J connectivity index is 2.96. The molecule has 4 heteroatoms. The van der Waals surface area contributed by atoms with E-state index < -0.39 is 0 Å². The number of aryl methyl sites for hydroxylation is 1. The van der Waals surface area contributed by atoms with E-state index in [4.69, 9.17) is 5.11 Å². The summed E-state index contributed by atoms with van der Waals surface area (Å²) in [4.78, 5) is 12.2. The molecule has 0 bridgehead atoms. The highest BCUT2D eigenvalue weighted by Gasteiger charge is 2.12. The number of aliphatic hydroxyl groups excluding tert-OH is 1. The Hall–Kier alpha value is -0.870. The van der Waals surface area contributed by atoms with Crippen LogP contribution in [0.3, 0.4) is 0 Å². The molecule has 0 fully saturated rings. The van der Waals surface area contributed by atoms with Crippen molar-refractivity contribution in [2.45, 2.75) is 25.7 Å². The Bertz CT molecular complexity index is 418. The first-order valence-electron chi connectivity index (χ1n) is 5.50. The second kappa shape index (κ2) is 6.17. The van der Waals surface area contributed by atoms with Crippen LogP contribution >= 0.6 is 11.8 Å². The number of hydrogen-bond donors (Lipinski definition) is 1. The van der Waals surface area contributed by atoms with Crippen LogP contribution in [0.25, 0.3) is 0 Å². The average molecular weight is 256 g/mol. The fourth-order valence-electron chi connectivity index (χ4n) is 1.33. The van der Waals surface area contributed by atoms with Crippen molar-refractivity contribution in [3.8, 4) is 0 Å². The molecular weight excluding hydrogens is 239 g/mol. The predicted octanol–water partition coefficient (Wildman–Crippen LogP) is 3.06. The van der Waals surface area contributed by atoms with E-state index in [0.29, 0.717) is 16.9 Å². The Labute approximate surface area is 105 Å². The van der Waals surface area contributed by atoms with Crippen LogP contribution in [0.5, 0.6) is 0 Å². The SMILES string of the molecule is CC(=O)c1cc(F)c(C)cc1SCC(C)CO. The number of carbonyl (C=O) groups excluding carboxylic acids is 1. The molecule has 0 radical (unpaired) electrons. The third-order valence-electron chi connectivity index (χ3n) is 2.48. The normalized spacial score (nSPS) is 12.5. The molecule has 17 heavy (non-hydrogen) atoms. The largest absolute Gasteiger partial charge is 0.396 e. The molecule has 1 N–H and O–H groups in total. The summed E-state index contributed by atoms with van der Waals surface area (Å²) < 4.78 is 13.4. The molecule has 0 aliphatic heterocycles. The summed E-state index contributed by atoms with van der Waals surface area (Å²) in [7, 11) is 0. The van der Waals surface area contributed by atoms with E-state index >= 15 is 0 Å². The molecule has 1 unspecified atom stereocenters. The third kappa shape index (κ3) is 3.82. The minimum atomic E-state index is -0.352. The highest BCUT2D eigenvalue weighted by Crippen LogP contribution is 2.27. The minimum absolute atomic E-state index is 0.114. The quantitative estimate of drug-likeness (QED) is 0.650. The maximum atomic E-state index is 13.4. The van der Waals surface area contributed by atoms with Gasteiger partial charge in [-0.2, -0.15) is 0 Å². The van der Waals surface area contributed by atoms with Gasteiger partial charge in [0.25, 0.3) is 0 Å². The highest BCUT2D eigenvalue weighted by molar-refractivity contribution is 7.99. The lowest BCUT2D eigenvalue weighted by atomic mass is 10.1. The maximum absolute atomic E-state index is 13.4. The van der Waals surface area contributed by atoms with Gasteiger partial charge in [-0.25, -0.2) is 4.39 Å². The zero-order valence-electron chi connectivity index (χ0n) is 10.3. The number of halogens is 1. The molecule has 0 spiro atoms. The van der Waals surface area contributed by atoms with Crippen molar-refractivity contribution in [3.63, 3.8) is 0 Å². The summed E-state index contributed by atoms with van der Waals surface area (Å²) in [6, 6.07) is 2.99. The van der Waals surface area contributed by atoms with Crippen LogP contribution in [0.1, 0.15) is 29.8 Å². The van der Waals surface area contributed by atoms with Crippen molar-refractivity contribution in [3.05, 3.63) is 29.1 Å². The number of rotatable bonds is 5. The molecular formula is C13H17FO2S. The first-order valence-corrected chi connectivity index (χ1v) is 6.49. The second-order valence-corrected chi connectivity index (χ2v) is 5.31. The smallest absolute Gasteiger partial charge is 0.161 e. The van der Waals surface area contributed by atoms with Crippen molar-refractivity contribution >= 4 is 17.5 Å². The summed E-state index contributed by atoms with van der Waals surface area (Å²) in [5.41, 5.74) is 0.956. The summed E-state index contributed by atoms with van der Waals surface area (Å²) in [6.45, 7) is 5.15. The zero-order chi connectivity index (χ0) is 13.0. The number of benzene rings is 1. The lowest BCUT2D eigenvalue weighted by molar-refractivity contribution is 0.101. The van der Waals surface area contributed by atoms with Crippen molar-refractivity contribution in [2.24, 2.45) is 5.92 Å². The standard InChI is InChI=1S/C13H17FO2S/c1-8(6-15)7-17-13-4-9(2)12(14)5-11(13)10(3)16/h4-5,8,15H,6-7H2,1-3H3. The zero-order valence-corrected chi connectivity index (χ0v) is 11.1. The Morgan fingerprint density at radius 3 is 2.71 bits per heavy atom. The van der Waals surface area contributed by atoms with Crippen molar-refractivity contribution < 1.29 is 14.3 Å². The van der Waals surface area contributed by atoms with Crippen LogP contribution < -0.4 is 0 Å². The van der Waals surface area contributed by atoms with Gasteiger partial charge in [-0.15, -0.1) is 11.8 Å². The predicted molar refractivity (Wildman–Crippen MR) is 68.1 cm³/mol. The van der Waals surface area contributed by atoms with E-state index in [9.17, 15) is 9.18 Å². The number of Topliss-reactive ketones (excluding diaryl/α,β-unsaturated/α-hetero) is 1. The topological polar surface area (TPSA) is 37.3 Å². The molecule has 0 aliphatic carbocycles. The monoisotopic (exact) mass is 256 g/mol. The average Bonchev–Trinajstić information content (AvgIpc) is 2.29. The second-order valence-electron chi connectivity index (χ2n) is 4.25. The van der Waals surface area contributed by atoms with E-state index in [-0.39, 0.29) is 24.1 Å². The number of ketones is 1. The molecule has 1 aromatic carbocycles. The fraction of sp³-hybridized carbons (Fsp3) is 0.462. The van der Waals surface area contributed by atoms with E-state index in [2.05, 4.69) is 0 Å². The van der Waals surface area contributed by atoms with Gasteiger partial charge in [-0.1, -0.05) is 6.92 Å². The van der Waals surface area contributed by atoms with Crippen molar-refractivity contribution in [2.75, 3.05) is 12.4 Å². The van der Waals surface area contributed by atoms with Gasteiger partial charge in [0.1, 0.15) is 5.82 Å². The molecule has 2 nitrogen and oxygen atoms in total. The molecule has 0 heterocycles. The Morgan fingerprint density at radius 1 is 1.53 bits per heavy atom. The lowest BCUT2D eigenvalue weighted by Gasteiger charge is -2.11. The van der Waals surface area contributed by atoms with Gasteiger partial charge >= 0.3 is 0 Å². The van der Waals surface area contributed by atoms with Crippen LogP contribution in [-0.4, -0.2) is 23.2 Å². The number of hydrogen-bond acceptors (Lipinski definition) is 3. The highest BCUT2D eigenvalue weighted by atomic mass is 32.2. The summed E-state index contributed by atoms with van der Waals surface area (Å²) >= 11 is 1.48. The van der Waals surface area contributed by atoms with Gasteiger partial charge in [0.2, 0.25) is 0 Å². The van der Waals surface area contributed by atoms with Gasteiger partial charge < -0.3 is 5.11 Å². The van der Waals surface area contributed by atoms with Crippen LogP contribution in [0.2, 0.25) is 0 Å². The maximum Gasteiger partial charge on any atom is 0.161 e. The molecule has 0 saturated carbocycles. The van der Waals surface area contributed by atoms with Gasteiger partial charge in [0, 0.05) is 22.8 Å². The van der Waals surface area contributed by atoms with Crippen LogP contribution in [0, 0.1) is 18.7 Å². The van der Waals surface area contributed by atoms with Crippen molar-refractivity contribution in [1.82, 2.24) is 0 Å². The minimum Gasteiger partial charge on any atom is -0.396 e. The van der Waals surface area contributed by atoms with Gasteiger partial charge in [-0.3, -0.25) is 4.79 Å². The van der Waals surface area contributed by atoms with Gasteiger partial charge in [-0.05, 0) is 37.5 Å². The molecule has 0 aromatic heterocycles. The molecule has 1 atom stereocenters. The molecule has 0 aliphatic rings. The molecule has 1 rings (SSSR count). The van der Waals surface area contributed by atoms with E-state index in [1.807, 2.05) is 6.92 Å². The number of carbonyl (C=O) groups is 1. The molecule has 94 valence electrons. The first kappa shape index (κ1) is 14.2. The fourth-order valence-corrected chi connectivity index (χ4v) is 2.52. The summed E-state index contributed by atoms with van der Waals surface area (Å²) in [5.74, 6) is 0.380. The molecule has 0 amide bonds. The Morgan fingerprint density at radius 2 is 2.18 bits per heavy atom. The van der Waals surface area contributed by atoms with Crippen LogP contribution in [-0.2, 0) is 0 Å². The number of thioether (sulfide) groups is 1. The Kier molecular flexibility index (Phi) is 5.15. The third-order valence-corrected chi connectivity index (χ3v) is 3.86. The van der Waals surface area contributed by atoms with Crippen LogP contribution in [0.15, 0.2) is 17.0 Å². The molecule has 1 aromatic rings. The van der Waals surface area contributed by atoms with E-state index in [1.165, 1.54) is 24.8 Å². The van der Waals surface area contributed by atoms with Gasteiger partial charge in [0.05, 0.1) is 0 Å². The molecule has 0 saturated heterocycles. The first-order chi connectivity index (χ1) is 7.95. The van der Waals surface area contributed by atoms with E-state index in [1.54, 1.807) is 13.0 Å². The number of aliphatic hydroxyl groups is 1.